The summed E-state index contributed by atoms with van der Waals surface area (Å²) in [4.78, 5) is 0. The van der Waals surface area contributed by atoms with Crippen molar-refractivity contribution in [1.29, 1.82) is 0 Å². The zero-order valence-corrected chi connectivity index (χ0v) is 16.6. The minimum Gasteiger partial charge on any atom is -0.367 e. The van der Waals surface area contributed by atoms with E-state index in [2.05, 4.69) is 41.8 Å². The summed E-state index contributed by atoms with van der Waals surface area (Å²) in [5, 5.41) is 16.2. The van der Waals surface area contributed by atoms with Crippen LogP contribution in [-0.4, -0.2) is 45.5 Å². The number of hydrogen-bond acceptors (Lipinski definition) is 3. The number of aliphatic hydroxyl groups is 2. The van der Waals surface area contributed by atoms with Crippen molar-refractivity contribution in [3.63, 3.8) is 0 Å². The number of nitrogens with zero attached hydrogens (tertiary/aromatic N) is 1. The predicted octanol–water partition coefficient (Wildman–Crippen LogP) is 5.15. The Kier molecular flexibility index (Phi) is 13.2. The van der Waals surface area contributed by atoms with Crippen LogP contribution < -0.4 is 0 Å². The van der Waals surface area contributed by atoms with E-state index in [4.69, 9.17) is 10.2 Å². The Morgan fingerprint density at radius 3 is 0.731 bits per heavy atom. The summed E-state index contributed by atoms with van der Waals surface area (Å²) in [7, 11) is 0. The molecule has 26 heavy (non-hydrogen) atoms. The molecule has 0 unspecified atom stereocenters. The molecule has 0 aliphatic carbocycles. The van der Waals surface area contributed by atoms with Crippen LogP contribution in [0.1, 0.15) is 41.5 Å². The summed E-state index contributed by atoms with van der Waals surface area (Å²) in [6.07, 6.45) is -20.6. The SMILES string of the molecule is CC(C)(C)O.CC(C)(C)[N]=[V].OC(C(F)(F)F)(C(F)(F)F)C(F)(F)F.[CH3-]. The van der Waals surface area contributed by atoms with Crippen molar-refractivity contribution in [1.82, 2.24) is 0 Å². The largest absolute Gasteiger partial charge is 0.435 e. The first-order valence-electron chi connectivity index (χ1n) is 6.32. The van der Waals surface area contributed by atoms with Crippen LogP contribution in [0.15, 0.2) is 3.79 Å². The molecule has 0 rings (SSSR count). The van der Waals surface area contributed by atoms with E-state index in [1.807, 2.05) is 0 Å². The molecule has 13 heteroatoms. The van der Waals surface area contributed by atoms with E-state index in [-0.39, 0.29) is 13.0 Å². The van der Waals surface area contributed by atoms with Gasteiger partial charge in [-0.05, 0) is 20.8 Å². The van der Waals surface area contributed by atoms with Gasteiger partial charge in [-0.25, -0.2) is 0 Å². The van der Waals surface area contributed by atoms with Crippen molar-refractivity contribution in [2.75, 3.05) is 0 Å². The number of alkyl halides is 9. The Hall–Kier alpha value is -0.326. The normalized spacial score (nSPS) is 13.4. The molecule has 0 bridgehead atoms. The Morgan fingerprint density at radius 1 is 0.615 bits per heavy atom. The van der Waals surface area contributed by atoms with E-state index in [0.717, 1.165) is 0 Å². The van der Waals surface area contributed by atoms with Crippen LogP contribution in [0.4, 0.5) is 39.5 Å². The zero-order valence-electron chi connectivity index (χ0n) is 15.2. The van der Waals surface area contributed by atoms with Crippen molar-refractivity contribution < 1.29 is 67.0 Å². The van der Waals surface area contributed by atoms with Gasteiger partial charge in [-0.2, -0.15) is 39.5 Å². The smallest absolute Gasteiger partial charge is 0.367 e. The molecule has 0 aliphatic rings. The standard InChI is InChI=1S/C4HF9O.C4H9N.C4H10O.CH3.V/c5-2(6,7)1(14,3(8,9)10)4(11,12)13;2*1-4(2,3)5;;/h14H;1-3H3;5H,1-3H3;1H3;/q;;;-1;. The summed E-state index contributed by atoms with van der Waals surface area (Å²) >= 11 is 2.22. The van der Waals surface area contributed by atoms with Crippen LogP contribution in [-0.2, 0) is 17.2 Å². The summed E-state index contributed by atoms with van der Waals surface area (Å²) in [5.41, 5.74) is -7.05. The summed E-state index contributed by atoms with van der Waals surface area (Å²) in [5.74, 6) is 0. The molecule has 0 atom stereocenters. The third-order valence-corrected chi connectivity index (χ3v) is 2.47. The van der Waals surface area contributed by atoms with Gasteiger partial charge in [0, 0.05) is 0 Å². The second kappa shape index (κ2) is 10.3. The second-order valence-corrected chi connectivity index (χ2v) is 6.96. The molecule has 0 aromatic heterocycles. The van der Waals surface area contributed by atoms with Gasteiger partial charge in [-0.3, -0.25) is 0 Å². The average Bonchev–Trinajstić information content (AvgIpc) is 2.20. The first-order valence-corrected chi connectivity index (χ1v) is 6.95. The zero-order chi connectivity index (χ0) is 21.7. The van der Waals surface area contributed by atoms with Gasteiger partial charge in [0.15, 0.2) is 0 Å². The van der Waals surface area contributed by atoms with Crippen molar-refractivity contribution in [3.05, 3.63) is 7.43 Å². The molecule has 3 nitrogen and oxygen atoms in total. The quantitative estimate of drug-likeness (QED) is 0.399. The molecule has 0 aromatic rings. The maximum absolute atomic E-state index is 11.4. The van der Waals surface area contributed by atoms with Crippen molar-refractivity contribution in [2.45, 2.75) is 76.8 Å². The molecule has 0 aromatic carbocycles. The molecule has 0 heterocycles. The molecule has 0 saturated heterocycles. The molecule has 2 N–H and O–H groups in total. The molecule has 0 radical (unpaired) electrons. The average molecular weight is 447 g/mol. The van der Waals surface area contributed by atoms with E-state index in [1.54, 1.807) is 20.8 Å². The van der Waals surface area contributed by atoms with Crippen molar-refractivity contribution in [2.24, 2.45) is 3.79 Å². The third-order valence-electron chi connectivity index (χ3n) is 1.53. The summed E-state index contributed by atoms with van der Waals surface area (Å²) < 4.78 is 107. The van der Waals surface area contributed by atoms with Gasteiger partial charge >= 0.3 is 71.5 Å². The van der Waals surface area contributed by atoms with Gasteiger partial charge in [0.1, 0.15) is 0 Å². The molecule has 0 fully saturated rings. The van der Waals surface area contributed by atoms with E-state index in [1.165, 1.54) is 0 Å². The first kappa shape index (κ1) is 33.3. The Bertz CT molecular complexity index is 362. The van der Waals surface area contributed by atoms with Crippen molar-refractivity contribution in [3.8, 4) is 0 Å². The summed E-state index contributed by atoms with van der Waals surface area (Å²) in [6.45, 7) is 11.4. The van der Waals surface area contributed by atoms with Crippen molar-refractivity contribution >= 4 is 0 Å². The van der Waals surface area contributed by atoms with Gasteiger partial charge in [0.25, 0.3) is 0 Å². The van der Waals surface area contributed by atoms with Crippen LogP contribution in [0.25, 0.3) is 0 Å². The molecule has 161 valence electrons. The van der Waals surface area contributed by atoms with Gasteiger partial charge < -0.3 is 17.6 Å². The monoisotopic (exact) mass is 447 g/mol. The molecular weight excluding hydrogens is 424 g/mol. The van der Waals surface area contributed by atoms with Gasteiger partial charge in [0.05, 0.1) is 5.60 Å². The van der Waals surface area contributed by atoms with Crippen LogP contribution in [0.3, 0.4) is 0 Å². The Labute approximate surface area is 155 Å². The first-order chi connectivity index (χ1) is 10.3. The van der Waals surface area contributed by atoms with Crippen LogP contribution in [0.2, 0.25) is 0 Å². The minimum absolute atomic E-state index is 0. The third kappa shape index (κ3) is 13.8. The van der Waals surface area contributed by atoms with Crippen LogP contribution >= 0.6 is 0 Å². The second-order valence-electron chi connectivity index (χ2n) is 6.65. The Morgan fingerprint density at radius 2 is 0.731 bits per heavy atom. The number of halogens is 9. The fourth-order valence-electron chi connectivity index (χ4n) is 0.482. The van der Waals surface area contributed by atoms with E-state index in [9.17, 15) is 39.5 Å². The molecular formula is C13H23F9NO2V-. The van der Waals surface area contributed by atoms with Gasteiger partial charge in [-0.15, -0.1) is 0 Å². The van der Waals surface area contributed by atoms with Crippen LogP contribution in [0.5, 0.6) is 0 Å². The Balaban J connectivity index is -0.000000168. The number of hydrogen-bond donors (Lipinski definition) is 2. The topological polar surface area (TPSA) is 52.8 Å². The minimum atomic E-state index is -6.87. The van der Waals surface area contributed by atoms with E-state index >= 15 is 0 Å². The molecule has 0 saturated carbocycles. The maximum Gasteiger partial charge on any atom is 0.435 e. The van der Waals surface area contributed by atoms with Crippen LogP contribution in [0, 0.1) is 7.43 Å². The fraction of sp³-hybridized carbons (Fsp3) is 0.923. The fourth-order valence-corrected chi connectivity index (χ4v) is 0.482. The number of rotatable bonds is 0. The molecule has 0 aliphatic heterocycles. The maximum atomic E-state index is 11.4. The predicted molar refractivity (Wildman–Crippen MR) is 73.7 cm³/mol. The molecule has 0 spiro atoms. The van der Waals surface area contributed by atoms with E-state index in [0.29, 0.717) is 0 Å². The summed E-state index contributed by atoms with van der Waals surface area (Å²) in [6, 6.07) is 0. The molecule has 0 amide bonds. The van der Waals surface area contributed by atoms with E-state index < -0.39 is 29.7 Å². The van der Waals surface area contributed by atoms with Gasteiger partial charge in [-0.1, -0.05) is 0 Å². The van der Waals surface area contributed by atoms with Gasteiger partial charge in [0.2, 0.25) is 0 Å².